The number of amides is 2. The lowest BCUT2D eigenvalue weighted by Crippen LogP contribution is -2.61. The van der Waals surface area contributed by atoms with Crippen molar-refractivity contribution in [2.45, 2.75) is 85.1 Å². The smallest absolute Gasteiger partial charge is 0.478 e. The van der Waals surface area contributed by atoms with Crippen molar-refractivity contribution in [2.24, 2.45) is 11.3 Å². The highest BCUT2D eigenvalue weighted by atomic mass is 19.4. The summed E-state index contributed by atoms with van der Waals surface area (Å²) in [7, 11) is 3.40. The third-order valence-electron chi connectivity index (χ3n) is 6.67. The average Bonchev–Trinajstić information content (AvgIpc) is 2.84. The van der Waals surface area contributed by atoms with Gasteiger partial charge in [-0.15, -0.1) is 0 Å². The number of nitrogens with zero attached hydrogens (tertiary/aromatic N) is 1. The van der Waals surface area contributed by atoms with Crippen LogP contribution in [-0.2, 0) is 24.6 Å². The largest absolute Gasteiger partial charge is 0.490 e. The Kier molecular flexibility index (Phi) is 13.8. The minimum Gasteiger partial charge on any atom is -0.478 e. The van der Waals surface area contributed by atoms with Crippen LogP contribution in [0.4, 0.5) is 13.2 Å². The standard InChI is InChI=1S/C27H43N3O4.C2HF3O2/c1-17(2)20(16-18(3)25(33)34)30(10)24(32)22(26(4,5)6)29-23(31)21(28-9)27(7,8)19-14-12-11-13-15-19;3-2(4,5)1(6)7/h11-17,20-22,28H,1-10H3,(H,29,31)(H,33,34);(H,6,7). The molecule has 4 N–H and O–H groups in total. The van der Waals surface area contributed by atoms with Gasteiger partial charge in [0.2, 0.25) is 11.8 Å². The van der Waals surface area contributed by atoms with Crippen LogP contribution in [0.1, 0.15) is 61.0 Å². The molecule has 0 radical (unpaired) electrons. The number of carboxylic acids is 2. The van der Waals surface area contributed by atoms with Crippen molar-refractivity contribution in [1.29, 1.82) is 0 Å². The maximum atomic E-state index is 13.7. The summed E-state index contributed by atoms with van der Waals surface area (Å²) in [5, 5.41) is 22.6. The molecule has 0 aliphatic heterocycles. The Labute approximate surface area is 240 Å². The zero-order chi connectivity index (χ0) is 32.5. The fourth-order valence-corrected chi connectivity index (χ4v) is 4.16. The molecule has 41 heavy (non-hydrogen) atoms. The second kappa shape index (κ2) is 15.0. The number of carbonyl (C=O) groups is 4. The molecule has 0 saturated carbocycles. The van der Waals surface area contributed by atoms with Gasteiger partial charge >= 0.3 is 18.1 Å². The lowest BCUT2D eigenvalue weighted by molar-refractivity contribution is -0.192. The molecule has 0 fully saturated rings. The van der Waals surface area contributed by atoms with Crippen molar-refractivity contribution in [3.63, 3.8) is 0 Å². The summed E-state index contributed by atoms with van der Waals surface area (Å²) in [5.41, 5.74) is 0.0895. The van der Waals surface area contributed by atoms with Crippen LogP contribution >= 0.6 is 0 Å². The van der Waals surface area contributed by atoms with E-state index >= 15 is 0 Å². The molecular formula is C29H44F3N3O6. The Hall–Kier alpha value is -3.41. The third-order valence-corrected chi connectivity index (χ3v) is 6.67. The third kappa shape index (κ3) is 11.2. The van der Waals surface area contributed by atoms with E-state index in [1.54, 1.807) is 25.1 Å². The first kappa shape index (κ1) is 37.6. The maximum Gasteiger partial charge on any atom is 0.490 e. The molecule has 0 saturated heterocycles. The number of nitrogens with one attached hydrogen (secondary N) is 2. The summed E-state index contributed by atoms with van der Waals surface area (Å²) in [6.45, 7) is 15.1. The molecule has 1 aromatic rings. The Bertz CT molecular complexity index is 1080. The minimum absolute atomic E-state index is 0.0124. The second-order valence-electron chi connectivity index (χ2n) is 11.8. The number of rotatable bonds is 10. The molecule has 0 aliphatic rings. The van der Waals surface area contributed by atoms with Gasteiger partial charge in [0.15, 0.2) is 0 Å². The second-order valence-corrected chi connectivity index (χ2v) is 11.8. The van der Waals surface area contributed by atoms with E-state index in [2.05, 4.69) is 10.6 Å². The fourth-order valence-electron chi connectivity index (χ4n) is 4.16. The van der Waals surface area contributed by atoms with Crippen LogP contribution in [-0.4, -0.2) is 77.3 Å². The minimum atomic E-state index is -5.08. The van der Waals surface area contributed by atoms with Crippen molar-refractivity contribution in [2.75, 3.05) is 14.1 Å². The Morgan fingerprint density at radius 2 is 1.39 bits per heavy atom. The van der Waals surface area contributed by atoms with Crippen LogP contribution in [0, 0.1) is 11.3 Å². The number of alkyl halides is 3. The monoisotopic (exact) mass is 587 g/mol. The summed E-state index contributed by atoms with van der Waals surface area (Å²) in [6, 6.07) is 7.99. The Balaban J connectivity index is 0.00000201. The predicted molar refractivity (Wildman–Crippen MR) is 150 cm³/mol. The number of likely N-dealkylation sites (N-methyl/N-ethyl adjacent to an activating group) is 2. The SMILES string of the molecule is CNC(C(=O)NC(C(=O)N(C)C(C=C(C)C(=O)O)C(C)C)C(C)(C)C)C(C)(C)c1ccccc1.O=C(O)C(F)(F)F. The fraction of sp³-hybridized carbons (Fsp3) is 0.586. The van der Waals surface area contributed by atoms with Gasteiger partial charge in [0.25, 0.3) is 0 Å². The van der Waals surface area contributed by atoms with E-state index in [4.69, 9.17) is 9.90 Å². The molecule has 12 heteroatoms. The van der Waals surface area contributed by atoms with Gasteiger partial charge in [-0.3, -0.25) is 9.59 Å². The number of benzene rings is 1. The van der Waals surface area contributed by atoms with E-state index < -0.39 is 47.1 Å². The van der Waals surface area contributed by atoms with Gasteiger partial charge in [-0.25, -0.2) is 9.59 Å². The highest BCUT2D eigenvalue weighted by Crippen LogP contribution is 2.29. The Morgan fingerprint density at radius 3 is 1.73 bits per heavy atom. The first-order valence-electron chi connectivity index (χ1n) is 13.0. The highest BCUT2D eigenvalue weighted by Gasteiger charge is 2.41. The molecule has 232 valence electrons. The summed E-state index contributed by atoms with van der Waals surface area (Å²) >= 11 is 0. The molecule has 2 amide bonds. The number of hydrogen-bond donors (Lipinski definition) is 4. The van der Waals surface area contributed by atoms with Gasteiger partial charge < -0.3 is 25.7 Å². The first-order valence-corrected chi connectivity index (χ1v) is 13.0. The van der Waals surface area contributed by atoms with Gasteiger partial charge in [-0.2, -0.15) is 13.2 Å². The van der Waals surface area contributed by atoms with Crippen LogP contribution in [0.2, 0.25) is 0 Å². The van der Waals surface area contributed by atoms with E-state index in [9.17, 15) is 32.7 Å². The Morgan fingerprint density at radius 1 is 0.927 bits per heavy atom. The molecule has 3 unspecified atom stereocenters. The van der Waals surface area contributed by atoms with Crippen LogP contribution in [0.5, 0.6) is 0 Å². The number of halogens is 3. The lowest BCUT2D eigenvalue weighted by Gasteiger charge is -2.39. The molecule has 9 nitrogen and oxygen atoms in total. The summed E-state index contributed by atoms with van der Waals surface area (Å²) in [5.74, 6) is -4.32. The van der Waals surface area contributed by atoms with Crippen LogP contribution in [0.25, 0.3) is 0 Å². The molecule has 0 spiro atoms. The molecule has 3 atom stereocenters. The molecule has 0 bridgehead atoms. The number of carboxylic acid groups (broad SMARTS) is 2. The maximum absolute atomic E-state index is 13.7. The molecule has 0 heterocycles. The van der Waals surface area contributed by atoms with Crippen LogP contribution in [0.15, 0.2) is 42.0 Å². The molecular weight excluding hydrogens is 543 g/mol. The van der Waals surface area contributed by atoms with Gasteiger partial charge in [0.05, 0.1) is 12.1 Å². The summed E-state index contributed by atoms with van der Waals surface area (Å²) < 4.78 is 31.7. The summed E-state index contributed by atoms with van der Waals surface area (Å²) in [6.07, 6.45) is -3.48. The predicted octanol–water partition coefficient (Wildman–Crippen LogP) is 4.23. The number of carbonyl (C=O) groups excluding carboxylic acids is 2. The van der Waals surface area contributed by atoms with Crippen LogP contribution in [0.3, 0.4) is 0 Å². The van der Waals surface area contributed by atoms with E-state index in [0.717, 1.165) is 5.56 Å². The highest BCUT2D eigenvalue weighted by molar-refractivity contribution is 5.91. The zero-order valence-corrected chi connectivity index (χ0v) is 25.4. The normalized spacial score (nSPS) is 14.7. The van der Waals surface area contributed by atoms with E-state index in [1.807, 2.05) is 78.8 Å². The van der Waals surface area contributed by atoms with Crippen molar-refractivity contribution in [1.82, 2.24) is 15.5 Å². The number of hydrogen-bond acceptors (Lipinski definition) is 5. The van der Waals surface area contributed by atoms with Crippen LogP contribution < -0.4 is 10.6 Å². The molecule has 0 aromatic heterocycles. The lowest BCUT2D eigenvalue weighted by atomic mass is 9.76. The molecule has 1 rings (SSSR count). The first-order chi connectivity index (χ1) is 18.5. The number of aliphatic carboxylic acids is 2. The van der Waals surface area contributed by atoms with Crippen molar-refractivity contribution in [3.05, 3.63) is 47.5 Å². The quantitative estimate of drug-likeness (QED) is 0.301. The van der Waals surface area contributed by atoms with Crippen molar-refractivity contribution < 1.29 is 42.6 Å². The van der Waals surface area contributed by atoms with E-state index in [0.29, 0.717) is 0 Å². The van der Waals surface area contributed by atoms with Gasteiger partial charge in [-0.1, -0.05) is 84.9 Å². The molecule has 1 aromatic carbocycles. The summed E-state index contributed by atoms with van der Waals surface area (Å²) in [4.78, 5) is 49.0. The van der Waals surface area contributed by atoms with Gasteiger partial charge in [0, 0.05) is 18.0 Å². The van der Waals surface area contributed by atoms with Gasteiger partial charge in [0.1, 0.15) is 6.04 Å². The van der Waals surface area contributed by atoms with Crippen molar-refractivity contribution in [3.8, 4) is 0 Å². The van der Waals surface area contributed by atoms with E-state index in [1.165, 1.54) is 6.92 Å². The van der Waals surface area contributed by atoms with E-state index in [-0.39, 0.29) is 23.3 Å². The van der Waals surface area contributed by atoms with Gasteiger partial charge in [-0.05, 0) is 30.9 Å². The van der Waals surface area contributed by atoms with Crippen molar-refractivity contribution >= 4 is 23.8 Å². The average molecular weight is 588 g/mol. The zero-order valence-electron chi connectivity index (χ0n) is 25.4. The molecule has 0 aliphatic carbocycles. The topological polar surface area (TPSA) is 136 Å².